The van der Waals surface area contributed by atoms with Gasteiger partial charge < -0.3 is 9.88 Å². The molecule has 0 saturated carbocycles. The van der Waals surface area contributed by atoms with E-state index < -0.39 is 0 Å². The van der Waals surface area contributed by atoms with Crippen LogP contribution in [0.25, 0.3) is 22.0 Å². The number of rotatable bonds is 1. The highest BCUT2D eigenvalue weighted by molar-refractivity contribution is 5.86. The van der Waals surface area contributed by atoms with Gasteiger partial charge in [-0.2, -0.15) is 0 Å². The molecule has 1 aliphatic heterocycles. The lowest BCUT2D eigenvalue weighted by Gasteiger charge is -2.07. The van der Waals surface area contributed by atoms with Crippen molar-refractivity contribution in [1.82, 2.24) is 9.88 Å². The van der Waals surface area contributed by atoms with Crippen LogP contribution in [-0.4, -0.2) is 17.7 Å². The maximum atomic E-state index is 3.47. The molecule has 0 unspecified atom stereocenters. The van der Waals surface area contributed by atoms with Gasteiger partial charge in [-0.3, -0.25) is 0 Å². The fourth-order valence-electron chi connectivity index (χ4n) is 3.13. The van der Waals surface area contributed by atoms with E-state index in [1.807, 2.05) is 0 Å². The van der Waals surface area contributed by atoms with E-state index in [-0.39, 0.29) is 0 Å². The van der Waals surface area contributed by atoms with Crippen LogP contribution in [0.2, 0.25) is 0 Å². The van der Waals surface area contributed by atoms with Crippen LogP contribution in [0.15, 0.2) is 54.6 Å². The molecule has 2 heterocycles. The van der Waals surface area contributed by atoms with Crippen LogP contribution >= 0.6 is 0 Å². The quantitative estimate of drug-likeness (QED) is 0.710. The minimum absolute atomic E-state index is 1.06. The van der Waals surface area contributed by atoms with E-state index in [1.54, 1.807) is 0 Å². The van der Waals surface area contributed by atoms with Gasteiger partial charge in [-0.05, 0) is 28.6 Å². The molecule has 2 nitrogen and oxygen atoms in total. The van der Waals surface area contributed by atoms with Crippen LogP contribution in [0.5, 0.6) is 0 Å². The van der Waals surface area contributed by atoms with Crippen LogP contribution in [0.4, 0.5) is 0 Å². The SMILES string of the molecule is c1ccc(-c2ccc3cc4n(c3c2)CCNCC4)cc1. The molecule has 2 heteroatoms. The molecule has 0 radical (unpaired) electrons. The molecule has 1 N–H and O–H groups in total. The highest BCUT2D eigenvalue weighted by Gasteiger charge is 2.12. The fraction of sp³-hybridized carbons (Fsp3) is 0.222. The molecule has 0 saturated heterocycles. The van der Waals surface area contributed by atoms with Crippen molar-refractivity contribution in [3.8, 4) is 11.1 Å². The van der Waals surface area contributed by atoms with Gasteiger partial charge in [0, 0.05) is 37.3 Å². The second-order valence-electron chi connectivity index (χ2n) is 5.43. The van der Waals surface area contributed by atoms with Gasteiger partial charge in [-0.15, -0.1) is 0 Å². The van der Waals surface area contributed by atoms with Crippen molar-refractivity contribution in [2.24, 2.45) is 0 Å². The predicted molar refractivity (Wildman–Crippen MR) is 83.9 cm³/mol. The standard InChI is InChI=1S/C18H18N2/c1-2-4-14(5-3-1)15-6-7-16-12-17-8-9-19-10-11-20(17)18(16)13-15/h1-7,12-13,19H,8-11H2. The molecule has 4 rings (SSSR count). The van der Waals surface area contributed by atoms with E-state index in [4.69, 9.17) is 0 Å². The van der Waals surface area contributed by atoms with E-state index >= 15 is 0 Å². The van der Waals surface area contributed by atoms with E-state index in [9.17, 15) is 0 Å². The first-order valence-electron chi connectivity index (χ1n) is 7.30. The Labute approximate surface area is 119 Å². The third-order valence-electron chi connectivity index (χ3n) is 4.17. The van der Waals surface area contributed by atoms with E-state index in [0.29, 0.717) is 0 Å². The van der Waals surface area contributed by atoms with Crippen molar-refractivity contribution in [2.75, 3.05) is 13.1 Å². The number of nitrogens with zero attached hydrogens (tertiary/aromatic N) is 1. The summed E-state index contributed by atoms with van der Waals surface area (Å²) in [7, 11) is 0. The number of nitrogens with one attached hydrogen (secondary N) is 1. The van der Waals surface area contributed by atoms with Crippen molar-refractivity contribution in [3.63, 3.8) is 0 Å². The minimum Gasteiger partial charge on any atom is -0.343 e. The van der Waals surface area contributed by atoms with Gasteiger partial charge in [0.25, 0.3) is 0 Å². The normalized spacial score (nSPS) is 15.0. The average molecular weight is 262 g/mol. The lowest BCUT2D eigenvalue weighted by Crippen LogP contribution is -2.17. The second kappa shape index (κ2) is 4.80. The summed E-state index contributed by atoms with van der Waals surface area (Å²) >= 11 is 0. The highest BCUT2D eigenvalue weighted by Crippen LogP contribution is 2.27. The zero-order valence-electron chi connectivity index (χ0n) is 11.5. The number of aromatic nitrogens is 1. The highest BCUT2D eigenvalue weighted by atomic mass is 15.0. The molecule has 1 aromatic heterocycles. The Morgan fingerprint density at radius 2 is 1.75 bits per heavy atom. The van der Waals surface area contributed by atoms with Crippen molar-refractivity contribution in [1.29, 1.82) is 0 Å². The summed E-state index contributed by atoms with van der Waals surface area (Å²) in [5, 5.41) is 4.83. The third kappa shape index (κ3) is 1.93. The first-order valence-corrected chi connectivity index (χ1v) is 7.30. The molecule has 1 aliphatic rings. The van der Waals surface area contributed by atoms with E-state index in [2.05, 4.69) is 64.5 Å². The summed E-state index contributed by atoms with van der Waals surface area (Å²) < 4.78 is 2.47. The molecular weight excluding hydrogens is 244 g/mol. The molecule has 0 amide bonds. The Kier molecular flexibility index (Phi) is 2.82. The van der Waals surface area contributed by atoms with E-state index in [0.717, 1.165) is 26.1 Å². The molecule has 0 spiro atoms. The summed E-state index contributed by atoms with van der Waals surface area (Å²) in [5.41, 5.74) is 5.41. The molecule has 0 bridgehead atoms. The molecular formula is C18H18N2. The maximum Gasteiger partial charge on any atom is 0.0489 e. The van der Waals surface area contributed by atoms with Gasteiger partial charge in [-0.1, -0.05) is 42.5 Å². The topological polar surface area (TPSA) is 17.0 Å². The Hall–Kier alpha value is -2.06. The summed E-state index contributed by atoms with van der Waals surface area (Å²) in [4.78, 5) is 0. The first-order chi connectivity index (χ1) is 9.92. The van der Waals surface area contributed by atoms with Gasteiger partial charge in [0.1, 0.15) is 0 Å². The number of fused-ring (bicyclic) bond motifs is 3. The van der Waals surface area contributed by atoms with E-state index in [1.165, 1.54) is 27.7 Å². The number of benzene rings is 2. The van der Waals surface area contributed by atoms with Crippen LogP contribution in [-0.2, 0) is 13.0 Å². The van der Waals surface area contributed by atoms with Crippen LogP contribution < -0.4 is 5.32 Å². The molecule has 2 aromatic carbocycles. The molecule has 100 valence electrons. The van der Waals surface area contributed by atoms with Crippen molar-refractivity contribution in [3.05, 3.63) is 60.3 Å². The van der Waals surface area contributed by atoms with Gasteiger partial charge >= 0.3 is 0 Å². The molecule has 0 fully saturated rings. The van der Waals surface area contributed by atoms with Crippen molar-refractivity contribution in [2.45, 2.75) is 13.0 Å². The average Bonchev–Trinajstić information content (AvgIpc) is 2.69. The molecule has 0 atom stereocenters. The number of hydrogen-bond donors (Lipinski definition) is 1. The summed E-state index contributed by atoms with van der Waals surface area (Å²) in [6.07, 6.45) is 1.12. The smallest absolute Gasteiger partial charge is 0.0489 e. The Morgan fingerprint density at radius 3 is 2.65 bits per heavy atom. The lowest BCUT2D eigenvalue weighted by molar-refractivity contribution is 0.658. The van der Waals surface area contributed by atoms with Crippen LogP contribution in [0.3, 0.4) is 0 Å². The molecule has 0 aliphatic carbocycles. The minimum atomic E-state index is 1.06. The Balaban J connectivity index is 1.88. The van der Waals surface area contributed by atoms with Gasteiger partial charge in [-0.25, -0.2) is 0 Å². The van der Waals surface area contributed by atoms with Gasteiger partial charge in [0.05, 0.1) is 0 Å². The summed E-state index contributed by atoms with van der Waals surface area (Å²) in [5.74, 6) is 0. The Morgan fingerprint density at radius 1 is 0.850 bits per heavy atom. The lowest BCUT2D eigenvalue weighted by atomic mass is 10.0. The second-order valence-corrected chi connectivity index (χ2v) is 5.43. The third-order valence-corrected chi connectivity index (χ3v) is 4.17. The largest absolute Gasteiger partial charge is 0.343 e. The zero-order valence-corrected chi connectivity index (χ0v) is 11.5. The van der Waals surface area contributed by atoms with Crippen LogP contribution in [0, 0.1) is 0 Å². The fourth-order valence-corrected chi connectivity index (χ4v) is 3.13. The number of hydrogen-bond acceptors (Lipinski definition) is 1. The zero-order chi connectivity index (χ0) is 13.4. The maximum absolute atomic E-state index is 3.47. The first kappa shape index (κ1) is 11.7. The van der Waals surface area contributed by atoms with Crippen molar-refractivity contribution < 1.29 is 0 Å². The van der Waals surface area contributed by atoms with Gasteiger partial charge in [0.15, 0.2) is 0 Å². The summed E-state index contributed by atoms with van der Waals surface area (Å²) in [6, 6.07) is 19.8. The van der Waals surface area contributed by atoms with Crippen molar-refractivity contribution >= 4 is 10.9 Å². The predicted octanol–water partition coefficient (Wildman–Crippen LogP) is 3.45. The summed E-state index contributed by atoms with van der Waals surface area (Å²) in [6.45, 7) is 3.21. The van der Waals surface area contributed by atoms with Gasteiger partial charge in [0.2, 0.25) is 0 Å². The Bertz CT molecular complexity index is 741. The monoisotopic (exact) mass is 262 g/mol. The molecule has 20 heavy (non-hydrogen) atoms. The van der Waals surface area contributed by atoms with Crippen LogP contribution in [0.1, 0.15) is 5.69 Å². The molecule has 3 aromatic rings.